The van der Waals surface area contributed by atoms with E-state index in [1.807, 2.05) is 41.3 Å². The molecule has 7 heteroatoms. The van der Waals surface area contributed by atoms with E-state index in [0.717, 1.165) is 13.1 Å². The van der Waals surface area contributed by atoms with Gasteiger partial charge in [-0.2, -0.15) is 0 Å². The van der Waals surface area contributed by atoms with E-state index >= 15 is 0 Å². The Balaban J connectivity index is 1.35. The van der Waals surface area contributed by atoms with Crippen LogP contribution in [0.3, 0.4) is 0 Å². The molecular formula is C25H22N4O2S. The molecule has 0 radical (unpaired) electrons. The summed E-state index contributed by atoms with van der Waals surface area (Å²) in [4.78, 5) is 33.2. The molecule has 0 bridgehead atoms. The van der Waals surface area contributed by atoms with Gasteiger partial charge in [-0.25, -0.2) is 0 Å². The van der Waals surface area contributed by atoms with Crippen LogP contribution in [-0.2, 0) is 0 Å². The number of hydrogen-bond donors (Lipinski definition) is 1. The number of para-hydroxylation sites is 2. The van der Waals surface area contributed by atoms with Gasteiger partial charge in [-0.1, -0.05) is 30.3 Å². The van der Waals surface area contributed by atoms with Crippen LogP contribution in [0.1, 0.15) is 10.4 Å². The topological polar surface area (TPSA) is 61.3 Å². The third kappa shape index (κ3) is 3.71. The van der Waals surface area contributed by atoms with Gasteiger partial charge in [0.25, 0.3) is 11.5 Å². The van der Waals surface area contributed by atoms with Crippen LogP contribution in [0.2, 0.25) is 0 Å². The minimum Gasteiger partial charge on any atom is -0.368 e. The third-order valence-electron chi connectivity index (χ3n) is 5.87. The van der Waals surface area contributed by atoms with Crippen molar-refractivity contribution in [1.29, 1.82) is 0 Å². The molecule has 5 rings (SSSR count). The third-order valence-corrected chi connectivity index (χ3v) is 6.15. The molecule has 1 N–H and O–H groups in total. The molecule has 1 fully saturated rings. The van der Waals surface area contributed by atoms with E-state index in [0.29, 0.717) is 40.0 Å². The largest absolute Gasteiger partial charge is 0.368 e. The lowest BCUT2D eigenvalue weighted by atomic mass is 10.1. The highest BCUT2D eigenvalue weighted by molar-refractivity contribution is 7.71. The normalized spacial score (nSPS) is 14.0. The molecule has 2 heterocycles. The van der Waals surface area contributed by atoms with E-state index in [9.17, 15) is 9.59 Å². The molecule has 0 aliphatic carbocycles. The van der Waals surface area contributed by atoms with Crippen molar-refractivity contribution in [2.75, 3.05) is 31.1 Å². The second kappa shape index (κ2) is 8.43. The van der Waals surface area contributed by atoms with Crippen LogP contribution in [0.4, 0.5) is 5.69 Å². The van der Waals surface area contributed by atoms with Crippen LogP contribution in [0.5, 0.6) is 0 Å². The molecule has 0 saturated carbocycles. The van der Waals surface area contributed by atoms with Crippen molar-refractivity contribution in [2.45, 2.75) is 0 Å². The lowest BCUT2D eigenvalue weighted by Crippen LogP contribution is -2.48. The zero-order chi connectivity index (χ0) is 22.1. The first-order chi connectivity index (χ1) is 15.6. The SMILES string of the molecule is O=C(c1ccc(-n2c(=S)[nH]c3ccccc3c2=O)cc1)N1CCN(c2ccccc2)CC1. The number of amides is 1. The zero-order valence-electron chi connectivity index (χ0n) is 17.4. The van der Waals surface area contributed by atoms with Gasteiger partial charge in [0, 0.05) is 37.4 Å². The van der Waals surface area contributed by atoms with Crippen LogP contribution in [0, 0.1) is 4.77 Å². The van der Waals surface area contributed by atoms with Crippen LogP contribution in [-0.4, -0.2) is 46.5 Å². The Hall–Kier alpha value is -3.71. The molecule has 6 nitrogen and oxygen atoms in total. The van der Waals surface area contributed by atoms with Gasteiger partial charge < -0.3 is 14.8 Å². The van der Waals surface area contributed by atoms with Gasteiger partial charge in [-0.15, -0.1) is 0 Å². The number of fused-ring (bicyclic) bond motifs is 1. The van der Waals surface area contributed by atoms with Crippen molar-refractivity contribution < 1.29 is 4.79 Å². The van der Waals surface area contributed by atoms with Gasteiger partial charge in [0.2, 0.25) is 0 Å². The van der Waals surface area contributed by atoms with E-state index in [1.54, 1.807) is 30.3 Å². The number of anilines is 1. The molecule has 0 atom stereocenters. The summed E-state index contributed by atoms with van der Waals surface area (Å²) in [6, 6.07) is 24.6. The van der Waals surface area contributed by atoms with Gasteiger partial charge in [-0.05, 0) is 60.7 Å². The fraction of sp³-hybridized carbons (Fsp3) is 0.160. The number of hydrogen-bond acceptors (Lipinski definition) is 4. The summed E-state index contributed by atoms with van der Waals surface area (Å²) in [6.45, 7) is 2.95. The standard InChI is InChI=1S/C25H22N4O2S/c30-23(28-16-14-27(15-17-28)19-6-2-1-3-7-19)18-10-12-20(13-11-18)29-24(31)21-8-4-5-9-22(21)26-25(29)32/h1-13H,14-17H2,(H,26,32). The first kappa shape index (κ1) is 20.2. The Kier molecular flexibility index (Phi) is 5.33. The number of nitrogens with one attached hydrogen (secondary N) is 1. The molecule has 1 amide bonds. The molecule has 160 valence electrons. The first-order valence-electron chi connectivity index (χ1n) is 10.6. The molecule has 1 aromatic heterocycles. The average molecular weight is 443 g/mol. The fourth-order valence-electron chi connectivity index (χ4n) is 4.14. The Morgan fingerprint density at radius 3 is 2.16 bits per heavy atom. The number of H-pyrrole nitrogens is 1. The fourth-order valence-corrected chi connectivity index (χ4v) is 4.44. The lowest BCUT2D eigenvalue weighted by Gasteiger charge is -2.36. The average Bonchev–Trinajstić information content (AvgIpc) is 2.85. The molecule has 1 saturated heterocycles. The second-order valence-corrected chi connectivity index (χ2v) is 8.16. The summed E-state index contributed by atoms with van der Waals surface area (Å²) in [7, 11) is 0. The number of aromatic nitrogens is 2. The highest BCUT2D eigenvalue weighted by Gasteiger charge is 2.22. The molecule has 1 aliphatic rings. The summed E-state index contributed by atoms with van der Waals surface area (Å²) in [5.74, 6) is 0.000259. The molecule has 1 aliphatic heterocycles. The second-order valence-electron chi connectivity index (χ2n) is 7.78. The van der Waals surface area contributed by atoms with E-state index < -0.39 is 0 Å². The zero-order valence-corrected chi connectivity index (χ0v) is 18.2. The minimum absolute atomic E-state index is 0.000259. The number of carbonyl (C=O) groups is 1. The maximum atomic E-state index is 13.0. The van der Waals surface area contributed by atoms with Crippen LogP contribution >= 0.6 is 12.2 Å². The Morgan fingerprint density at radius 2 is 1.44 bits per heavy atom. The number of carbonyl (C=O) groups excluding carboxylic acids is 1. The van der Waals surface area contributed by atoms with Crippen molar-refractivity contribution in [3.05, 3.63) is 99.6 Å². The van der Waals surface area contributed by atoms with Crippen molar-refractivity contribution in [2.24, 2.45) is 0 Å². The summed E-state index contributed by atoms with van der Waals surface area (Å²) in [6.07, 6.45) is 0. The summed E-state index contributed by atoms with van der Waals surface area (Å²) >= 11 is 5.41. The number of rotatable bonds is 3. The Morgan fingerprint density at radius 1 is 0.781 bits per heavy atom. The number of aromatic amines is 1. The Labute approximate surface area is 190 Å². The predicted molar refractivity (Wildman–Crippen MR) is 129 cm³/mol. The smallest absolute Gasteiger partial charge is 0.266 e. The maximum absolute atomic E-state index is 13.0. The molecule has 0 spiro atoms. The maximum Gasteiger partial charge on any atom is 0.266 e. The summed E-state index contributed by atoms with van der Waals surface area (Å²) in [5.41, 5.74) is 2.94. The van der Waals surface area contributed by atoms with Crippen LogP contribution in [0.15, 0.2) is 83.7 Å². The van der Waals surface area contributed by atoms with Crippen molar-refractivity contribution in [3.8, 4) is 5.69 Å². The van der Waals surface area contributed by atoms with E-state index in [2.05, 4.69) is 22.0 Å². The first-order valence-corrected chi connectivity index (χ1v) is 11.0. The Bertz CT molecular complexity index is 1390. The van der Waals surface area contributed by atoms with Gasteiger partial charge in [0.1, 0.15) is 0 Å². The highest BCUT2D eigenvalue weighted by atomic mass is 32.1. The molecule has 32 heavy (non-hydrogen) atoms. The monoisotopic (exact) mass is 442 g/mol. The number of benzene rings is 3. The number of nitrogens with zero attached hydrogens (tertiary/aromatic N) is 3. The van der Waals surface area contributed by atoms with Crippen LogP contribution < -0.4 is 10.5 Å². The lowest BCUT2D eigenvalue weighted by molar-refractivity contribution is 0.0747. The van der Waals surface area contributed by atoms with Crippen molar-refractivity contribution >= 4 is 34.7 Å². The van der Waals surface area contributed by atoms with E-state index in [4.69, 9.17) is 12.2 Å². The quantitative estimate of drug-likeness (QED) is 0.487. The van der Waals surface area contributed by atoms with Crippen molar-refractivity contribution in [3.63, 3.8) is 0 Å². The molecular weight excluding hydrogens is 420 g/mol. The predicted octanol–water partition coefficient (Wildman–Crippen LogP) is 4.01. The van der Waals surface area contributed by atoms with E-state index in [-0.39, 0.29) is 11.5 Å². The van der Waals surface area contributed by atoms with Crippen LogP contribution in [0.25, 0.3) is 16.6 Å². The van der Waals surface area contributed by atoms with Gasteiger partial charge in [-0.3, -0.25) is 14.2 Å². The van der Waals surface area contributed by atoms with Gasteiger partial charge in [0.15, 0.2) is 4.77 Å². The van der Waals surface area contributed by atoms with Gasteiger partial charge in [0.05, 0.1) is 16.6 Å². The molecule has 0 unspecified atom stereocenters. The summed E-state index contributed by atoms with van der Waals surface area (Å²) in [5, 5.41) is 0.567. The summed E-state index contributed by atoms with van der Waals surface area (Å²) < 4.78 is 1.79. The molecule has 4 aromatic rings. The van der Waals surface area contributed by atoms with Gasteiger partial charge >= 0.3 is 0 Å². The van der Waals surface area contributed by atoms with E-state index in [1.165, 1.54) is 10.3 Å². The number of piperazine rings is 1. The van der Waals surface area contributed by atoms with Crippen molar-refractivity contribution in [1.82, 2.24) is 14.5 Å². The minimum atomic E-state index is -0.180. The highest BCUT2D eigenvalue weighted by Crippen LogP contribution is 2.18. The molecule has 3 aromatic carbocycles.